The van der Waals surface area contributed by atoms with Gasteiger partial charge in [0.15, 0.2) is 11.6 Å². The number of pyridine rings is 1. The highest BCUT2D eigenvalue weighted by atomic mass is 79.9. The topological polar surface area (TPSA) is 51.2 Å². The van der Waals surface area contributed by atoms with Crippen LogP contribution in [0.1, 0.15) is 0 Å². The fraction of sp³-hybridized carbons (Fsp3) is 0.250. The van der Waals surface area contributed by atoms with Crippen LogP contribution in [0, 0.1) is 0 Å². The molecule has 0 radical (unpaired) electrons. The molecule has 1 amide bonds. The van der Waals surface area contributed by atoms with Gasteiger partial charge in [-0.05, 0) is 28.1 Å². The molecule has 16 heavy (non-hydrogen) atoms. The van der Waals surface area contributed by atoms with E-state index in [1.807, 2.05) is 5.32 Å². The third-order valence-electron chi connectivity index (χ3n) is 1.85. The summed E-state index contributed by atoms with van der Waals surface area (Å²) in [7, 11) is 0. The van der Waals surface area contributed by atoms with Gasteiger partial charge in [-0.1, -0.05) is 0 Å². The molecule has 0 aliphatic carbocycles. The van der Waals surface area contributed by atoms with Crippen molar-refractivity contribution in [3.05, 3.63) is 16.7 Å². The molecular weight excluding hydrogens is 293 g/mol. The second-order valence-electron chi connectivity index (χ2n) is 3.01. The number of rotatable bonds is 0. The average molecular weight is 297 g/mol. The number of alkyl halides is 3. The van der Waals surface area contributed by atoms with E-state index in [0.717, 1.165) is 0 Å². The van der Waals surface area contributed by atoms with Crippen LogP contribution in [-0.4, -0.2) is 23.2 Å². The lowest BCUT2D eigenvalue weighted by molar-refractivity contribution is -0.196. The molecular formula is C8H4BrF3N2O2. The van der Waals surface area contributed by atoms with Crippen molar-refractivity contribution in [1.29, 1.82) is 0 Å². The van der Waals surface area contributed by atoms with E-state index in [4.69, 9.17) is 0 Å². The minimum absolute atomic E-state index is 0.0279. The minimum Gasteiger partial charge on any atom is -0.467 e. The molecule has 2 rings (SSSR count). The maximum absolute atomic E-state index is 12.3. The molecule has 86 valence electrons. The van der Waals surface area contributed by atoms with Crippen molar-refractivity contribution in [1.82, 2.24) is 4.98 Å². The van der Waals surface area contributed by atoms with Crippen molar-refractivity contribution in [2.45, 2.75) is 12.3 Å². The zero-order valence-corrected chi connectivity index (χ0v) is 9.09. The summed E-state index contributed by atoms with van der Waals surface area (Å²) in [4.78, 5) is 14.9. The van der Waals surface area contributed by atoms with Crippen molar-refractivity contribution in [2.24, 2.45) is 0 Å². The van der Waals surface area contributed by atoms with Gasteiger partial charge in [-0.2, -0.15) is 13.2 Å². The van der Waals surface area contributed by atoms with Crippen molar-refractivity contribution in [3.63, 3.8) is 0 Å². The first-order valence-electron chi connectivity index (χ1n) is 4.09. The van der Waals surface area contributed by atoms with Crippen molar-refractivity contribution < 1.29 is 22.7 Å². The number of amides is 1. The molecule has 0 saturated carbocycles. The lowest BCUT2D eigenvalue weighted by Crippen LogP contribution is -2.47. The van der Waals surface area contributed by atoms with Gasteiger partial charge in [0.05, 0.1) is 0 Å². The van der Waals surface area contributed by atoms with E-state index in [1.165, 1.54) is 12.1 Å². The second-order valence-corrected chi connectivity index (χ2v) is 3.82. The lowest BCUT2D eigenvalue weighted by atomic mass is 10.2. The van der Waals surface area contributed by atoms with E-state index < -0.39 is 18.2 Å². The first-order valence-corrected chi connectivity index (χ1v) is 4.88. The van der Waals surface area contributed by atoms with Gasteiger partial charge in [0.25, 0.3) is 12.0 Å². The van der Waals surface area contributed by atoms with Crippen LogP contribution in [0.5, 0.6) is 5.75 Å². The Morgan fingerprint density at radius 2 is 2.12 bits per heavy atom. The van der Waals surface area contributed by atoms with E-state index in [1.54, 1.807) is 0 Å². The van der Waals surface area contributed by atoms with E-state index in [0.29, 0.717) is 4.60 Å². The minimum atomic E-state index is -4.74. The Kier molecular flexibility index (Phi) is 2.53. The first-order chi connectivity index (χ1) is 7.38. The maximum Gasteiger partial charge on any atom is 0.434 e. The summed E-state index contributed by atoms with van der Waals surface area (Å²) < 4.78 is 42.0. The van der Waals surface area contributed by atoms with Crippen LogP contribution >= 0.6 is 15.9 Å². The summed E-state index contributed by atoms with van der Waals surface area (Å²) in [6, 6.07) is 2.72. The number of nitrogens with one attached hydrogen (secondary N) is 1. The van der Waals surface area contributed by atoms with Gasteiger partial charge in [0.2, 0.25) is 0 Å². The first kappa shape index (κ1) is 11.2. The van der Waals surface area contributed by atoms with Crippen LogP contribution in [-0.2, 0) is 4.79 Å². The van der Waals surface area contributed by atoms with Crippen LogP contribution in [0.2, 0.25) is 0 Å². The smallest absolute Gasteiger partial charge is 0.434 e. The standard InChI is InChI=1S/C8H4BrF3N2O2/c9-4-2-1-3-6(13-4)14-7(15)5(16-3)8(10,11)12/h1-2,5H,(H,13,14,15). The van der Waals surface area contributed by atoms with Gasteiger partial charge in [0.1, 0.15) is 4.60 Å². The number of nitrogens with zero attached hydrogens (tertiary/aromatic N) is 1. The Labute approximate surface area is 95.9 Å². The number of carbonyl (C=O) groups is 1. The van der Waals surface area contributed by atoms with Crippen LogP contribution in [0.3, 0.4) is 0 Å². The average Bonchev–Trinajstić information content (AvgIpc) is 2.14. The summed E-state index contributed by atoms with van der Waals surface area (Å²) >= 11 is 3.02. The molecule has 1 aliphatic heterocycles. The molecule has 0 fully saturated rings. The van der Waals surface area contributed by atoms with Gasteiger partial charge in [-0.3, -0.25) is 4.79 Å². The summed E-state index contributed by atoms with van der Waals surface area (Å²) in [5.41, 5.74) is 0. The summed E-state index contributed by atoms with van der Waals surface area (Å²) in [6.07, 6.45) is -7.22. The van der Waals surface area contributed by atoms with Crippen LogP contribution in [0.25, 0.3) is 0 Å². The summed E-state index contributed by atoms with van der Waals surface area (Å²) in [5.74, 6) is -1.41. The largest absolute Gasteiger partial charge is 0.467 e. The highest BCUT2D eigenvalue weighted by molar-refractivity contribution is 9.10. The molecule has 4 nitrogen and oxygen atoms in total. The Hall–Kier alpha value is -1.31. The number of anilines is 1. The molecule has 0 aromatic carbocycles. The molecule has 1 unspecified atom stereocenters. The van der Waals surface area contributed by atoms with E-state index in [2.05, 4.69) is 25.7 Å². The van der Waals surface area contributed by atoms with Gasteiger partial charge in [0, 0.05) is 0 Å². The van der Waals surface area contributed by atoms with Gasteiger partial charge >= 0.3 is 6.18 Å². The molecule has 1 aliphatic rings. The number of hydrogen-bond acceptors (Lipinski definition) is 3. The Morgan fingerprint density at radius 3 is 2.75 bits per heavy atom. The predicted molar refractivity (Wildman–Crippen MR) is 51.0 cm³/mol. The van der Waals surface area contributed by atoms with Gasteiger partial charge in [-0.15, -0.1) is 0 Å². The fourth-order valence-corrected chi connectivity index (χ4v) is 1.49. The predicted octanol–water partition coefficient (Wildman–Crippen LogP) is 2.11. The normalized spacial score (nSPS) is 19.8. The highest BCUT2D eigenvalue weighted by Crippen LogP contribution is 2.34. The Morgan fingerprint density at radius 1 is 1.44 bits per heavy atom. The second kappa shape index (κ2) is 3.62. The molecule has 1 atom stereocenters. The highest BCUT2D eigenvalue weighted by Gasteiger charge is 2.49. The van der Waals surface area contributed by atoms with Crippen molar-refractivity contribution in [3.8, 4) is 5.75 Å². The molecule has 8 heteroatoms. The molecule has 2 heterocycles. The number of aromatic nitrogens is 1. The van der Waals surface area contributed by atoms with Crippen LogP contribution in [0.4, 0.5) is 19.0 Å². The number of ether oxygens (including phenoxy) is 1. The number of hydrogen-bond donors (Lipinski definition) is 1. The zero-order chi connectivity index (χ0) is 11.9. The molecule has 0 saturated heterocycles. The Bertz CT molecular complexity index is 449. The number of halogens is 4. The third kappa shape index (κ3) is 1.97. The summed E-state index contributed by atoms with van der Waals surface area (Å²) in [5, 5.41) is 2.03. The van der Waals surface area contributed by atoms with Crippen molar-refractivity contribution >= 4 is 27.7 Å². The molecule has 0 spiro atoms. The molecule has 1 N–H and O–H groups in total. The molecule has 1 aromatic rings. The van der Waals surface area contributed by atoms with Crippen molar-refractivity contribution in [2.75, 3.05) is 5.32 Å². The molecule has 1 aromatic heterocycles. The van der Waals surface area contributed by atoms with Gasteiger partial charge in [-0.25, -0.2) is 4.98 Å². The lowest BCUT2D eigenvalue weighted by Gasteiger charge is -2.26. The third-order valence-corrected chi connectivity index (χ3v) is 2.29. The quantitative estimate of drug-likeness (QED) is 0.746. The van der Waals surface area contributed by atoms with Gasteiger partial charge < -0.3 is 10.1 Å². The maximum atomic E-state index is 12.3. The van der Waals surface area contributed by atoms with E-state index in [-0.39, 0.29) is 11.6 Å². The monoisotopic (exact) mass is 296 g/mol. The SMILES string of the molecule is O=C1Nc2nc(Br)ccc2OC1C(F)(F)F. The number of fused-ring (bicyclic) bond motifs is 1. The Balaban J connectivity index is 2.36. The molecule has 0 bridgehead atoms. The van der Waals surface area contributed by atoms with E-state index in [9.17, 15) is 18.0 Å². The zero-order valence-electron chi connectivity index (χ0n) is 7.51. The van der Waals surface area contributed by atoms with Crippen LogP contribution in [0.15, 0.2) is 16.7 Å². The summed E-state index contributed by atoms with van der Waals surface area (Å²) in [6.45, 7) is 0. The van der Waals surface area contributed by atoms with Crippen LogP contribution < -0.4 is 10.1 Å². The number of carbonyl (C=O) groups excluding carboxylic acids is 1. The fourth-order valence-electron chi connectivity index (χ4n) is 1.19. The van der Waals surface area contributed by atoms with E-state index >= 15 is 0 Å².